The van der Waals surface area contributed by atoms with Gasteiger partial charge in [0.15, 0.2) is 0 Å². The van der Waals surface area contributed by atoms with E-state index in [-0.39, 0.29) is 0 Å². The normalized spacial score (nSPS) is 14.1. The second kappa shape index (κ2) is 6.64. The van der Waals surface area contributed by atoms with E-state index in [0.717, 1.165) is 26.7 Å². The summed E-state index contributed by atoms with van der Waals surface area (Å²) >= 11 is 1.32. The minimum atomic E-state index is -4.76. The van der Waals surface area contributed by atoms with Crippen LogP contribution in [0.25, 0.3) is 10.2 Å². The van der Waals surface area contributed by atoms with Crippen LogP contribution in [0.3, 0.4) is 0 Å². The second-order valence-corrected chi connectivity index (χ2v) is 8.74. The van der Waals surface area contributed by atoms with Crippen molar-refractivity contribution in [2.75, 3.05) is 7.05 Å². The van der Waals surface area contributed by atoms with E-state index >= 15 is 0 Å². The lowest BCUT2D eigenvalue weighted by Crippen LogP contribution is -2.31. The summed E-state index contributed by atoms with van der Waals surface area (Å²) in [5, 5.41) is 0.516. The van der Waals surface area contributed by atoms with Crippen molar-refractivity contribution >= 4 is 31.6 Å². The van der Waals surface area contributed by atoms with Crippen molar-refractivity contribution in [2.45, 2.75) is 24.0 Å². The number of fused-ring (bicyclic) bond motifs is 1. The molecule has 0 spiro atoms. The van der Waals surface area contributed by atoms with Crippen LogP contribution in [0, 0.1) is 0 Å². The smallest absolute Gasteiger partial charge is 0.239 e. The Labute approximate surface area is 153 Å². The quantitative estimate of drug-likeness (QED) is 0.638. The summed E-state index contributed by atoms with van der Waals surface area (Å²) < 4.78 is 67.1. The molecule has 0 bridgehead atoms. The van der Waals surface area contributed by atoms with Crippen LogP contribution < -0.4 is 0 Å². The van der Waals surface area contributed by atoms with Crippen molar-refractivity contribution in [3.05, 3.63) is 59.1 Å². The van der Waals surface area contributed by atoms with Gasteiger partial charge in [-0.3, -0.25) is 0 Å². The highest BCUT2D eigenvalue weighted by Crippen LogP contribution is 2.37. The van der Waals surface area contributed by atoms with Gasteiger partial charge >= 0.3 is 6.18 Å². The number of alkyl halides is 3. The first-order valence-electron chi connectivity index (χ1n) is 7.62. The van der Waals surface area contributed by atoms with Crippen molar-refractivity contribution in [2.24, 2.45) is 0 Å². The Morgan fingerprint density at radius 2 is 1.69 bits per heavy atom. The molecule has 3 rings (SSSR count). The Kier molecular flexibility index (Phi) is 4.80. The van der Waals surface area contributed by atoms with Crippen LogP contribution in [0.1, 0.15) is 23.5 Å². The number of halogens is 3. The average Bonchev–Trinajstić information content (AvgIpc) is 3.03. The molecule has 26 heavy (non-hydrogen) atoms. The zero-order chi connectivity index (χ0) is 19.1. The van der Waals surface area contributed by atoms with E-state index in [1.54, 1.807) is 13.0 Å². The van der Waals surface area contributed by atoms with E-state index in [4.69, 9.17) is 0 Å². The molecule has 0 unspecified atom stereocenters. The maximum Gasteiger partial charge on any atom is 0.417 e. The summed E-state index contributed by atoms with van der Waals surface area (Å²) in [5.41, 5.74) is -0.454. The standard InChI is InChI=1S/C17H15F3N2O2S2/c1-11(16-21-13-8-4-5-9-14(13)25-16)22(2)26(23,24)15-10-6-3-7-12(15)17(18,19)20/h3-11H,1-2H3/t11-/m1/s1. The zero-order valence-corrected chi connectivity index (χ0v) is 15.5. The van der Waals surface area contributed by atoms with Crippen molar-refractivity contribution in [3.63, 3.8) is 0 Å². The van der Waals surface area contributed by atoms with Gasteiger partial charge in [-0.05, 0) is 31.2 Å². The minimum absolute atomic E-state index is 0.516. The van der Waals surface area contributed by atoms with Gasteiger partial charge in [0, 0.05) is 7.05 Å². The molecular weight excluding hydrogens is 385 g/mol. The van der Waals surface area contributed by atoms with Crippen molar-refractivity contribution < 1.29 is 21.6 Å². The third-order valence-electron chi connectivity index (χ3n) is 4.06. The van der Waals surface area contributed by atoms with Crippen molar-refractivity contribution in [1.29, 1.82) is 0 Å². The lowest BCUT2D eigenvalue weighted by molar-refractivity contribution is -0.139. The van der Waals surface area contributed by atoms with Crippen LogP contribution in [-0.2, 0) is 16.2 Å². The monoisotopic (exact) mass is 400 g/mol. The van der Waals surface area contributed by atoms with Gasteiger partial charge in [-0.15, -0.1) is 11.3 Å². The predicted molar refractivity (Wildman–Crippen MR) is 94.4 cm³/mol. The summed E-state index contributed by atoms with van der Waals surface area (Å²) in [6, 6.07) is 10.8. The van der Waals surface area contributed by atoms with Crippen LogP contribution >= 0.6 is 11.3 Å². The van der Waals surface area contributed by atoms with Crippen LogP contribution in [0.5, 0.6) is 0 Å². The molecule has 138 valence electrons. The Morgan fingerprint density at radius 3 is 2.35 bits per heavy atom. The first kappa shape index (κ1) is 18.8. The number of hydrogen-bond acceptors (Lipinski definition) is 4. The van der Waals surface area contributed by atoms with Crippen LogP contribution in [0.2, 0.25) is 0 Å². The molecule has 0 amide bonds. The maximum atomic E-state index is 13.2. The molecule has 4 nitrogen and oxygen atoms in total. The number of benzene rings is 2. The van der Waals surface area contributed by atoms with Gasteiger partial charge in [0.25, 0.3) is 0 Å². The molecule has 0 aliphatic carbocycles. The summed E-state index contributed by atoms with van der Waals surface area (Å²) in [6.07, 6.45) is -4.76. The molecule has 0 radical (unpaired) electrons. The maximum absolute atomic E-state index is 13.2. The molecule has 0 fully saturated rings. The van der Waals surface area contributed by atoms with Gasteiger partial charge in [-0.1, -0.05) is 24.3 Å². The third kappa shape index (κ3) is 3.34. The van der Waals surface area contributed by atoms with Crippen LogP contribution in [0.4, 0.5) is 13.2 Å². The fourth-order valence-electron chi connectivity index (χ4n) is 2.51. The van der Waals surface area contributed by atoms with Gasteiger partial charge in [0.1, 0.15) is 5.01 Å². The molecule has 9 heteroatoms. The number of nitrogens with zero attached hydrogens (tertiary/aromatic N) is 2. The highest BCUT2D eigenvalue weighted by molar-refractivity contribution is 7.89. The summed E-state index contributed by atoms with van der Waals surface area (Å²) in [7, 11) is -3.09. The molecule has 0 aliphatic heterocycles. The molecule has 1 heterocycles. The number of hydrogen-bond donors (Lipinski definition) is 0. The lowest BCUT2D eigenvalue weighted by Gasteiger charge is -2.24. The number of para-hydroxylation sites is 1. The molecule has 3 aromatic rings. The zero-order valence-electron chi connectivity index (χ0n) is 13.9. The Balaban J connectivity index is 2.02. The van der Waals surface area contributed by atoms with Gasteiger partial charge < -0.3 is 0 Å². The average molecular weight is 400 g/mol. The second-order valence-electron chi connectivity index (χ2n) is 5.71. The number of thiazole rings is 1. The van der Waals surface area contributed by atoms with E-state index < -0.39 is 32.7 Å². The number of rotatable bonds is 4. The third-order valence-corrected chi connectivity index (χ3v) is 7.26. The summed E-state index contributed by atoms with van der Waals surface area (Å²) in [6.45, 7) is 1.60. The highest BCUT2D eigenvalue weighted by atomic mass is 32.2. The molecule has 0 saturated heterocycles. The SMILES string of the molecule is C[C@H](c1nc2ccccc2s1)N(C)S(=O)(=O)c1ccccc1C(F)(F)F. The first-order valence-corrected chi connectivity index (χ1v) is 9.88. The van der Waals surface area contributed by atoms with E-state index in [1.807, 2.05) is 18.2 Å². The first-order chi connectivity index (χ1) is 12.1. The molecule has 2 aromatic carbocycles. The van der Waals surface area contributed by atoms with Gasteiger partial charge in [-0.25, -0.2) is 13.4 Å². The number of aromatic nitrogens is 1. The largest absolute Gasteiger partial charge is 0.417 e. The molecule has 0 N–H and O–H groups in total. The van der Waals surface area contributed by atoms with Gasteiger partial charge in [0.2, 0.25) is 10.0 Å². The topological polar surface area (TPSA) is 50.3 Å². The fourth-order valence-corrected chi connectivity index (χ4v) is 5.18. The van der Waals surface area contributed by atoms with Crippen LogP contribution in [-0.4, -0.2) is 24.8 Å². The summed E-state index contributed by atoms with van der Waals surface area (Å²) in [5.74, 6) is 0. The Hall–Kier alpha value is -1.97. The molecule has 0 aliphatic rings. The highest BCUT2D eigenvalue weighted by Gasteiger charge is 2.39. The van der Waals surface area contributed by atoms with Crippen LogP contribution in [0.15, 0.2) is 53.4 Å². The summed E-state index contributed by atoms with van der Waals surface area (Å²) in [4.78, 5) is 3.64. The van der Waals surface area contributed by atoms with E-state index in [9.17, 15) is 21.6 Å². The van der Waals surface area contributed by atoms with E-state index in [1.165, 1.54) is 30.5 Å². The van der Waals surface area contributed by atoms with Crippen molar-refractivity contribution in [3.8, 4) is 0 Å². The van der Waals surface area contributed by atoms with E-state index in [2.05, 4.69) is 4.98 Å². The molecule has 0 saturated carbocycles. The number of sulfonamides is 1. The Morgan fingerprint density at radius 1 is 1.08 bits per heavy atom. The lowest BCUT2D eigenvalue weighted by atomic mass is 10.2. The predicted octanol–water partition coefficient (Wildman–Crippen LogP) is 4.70. The molecule has 1 aromatic heterocycles. The van der Waals surface area contributed by atoms with E-state index in [0.29, 0.717) is 5.01 Å². The molecule has 1 atom stereocenters. The molecular formula is C17H15F3N2O2S2. The van der Waals surface area contributed by atoms with Crippen molar-refractivity contribution in [1.82, 2.24) is 9.29 Å². The van der Waals surface area contributed by atoms with Gasteiger partial charge in [0.05, 0.1) is 26.7 Å². The minimum Gasteiger partial charge on any atom is -0.239 e. The van der Waals surface area contributed by atoms with Gasteiger partial charge in [-0.2, -0.15) is 17.5 Å². The Bertz CT molecular complexity index is 1010. The fraction of sp³-hybridized carbons (Fsp3) is 0.235.